The summed E-state index contributed by atoms with van der Waals surface area (Å²) in [6.45, 7) is 6.29. The Kier molecular flexibility index (Phi) is 8.71. The summed E-state index contributed by atoms with van der Waals surface area (Å²) in [5, 5.41) is 0. The van der Waals surface area contributed by atoms with Crippen molar-refractivity contribution in [2.45, 2.75) is 58.7 Å². The zero-order valence-corrected chi connectivity index (χ0v) is 9.88. The van der Waals surface area contributed by atoms with E-state index < -0.39 is 0 Å². The first kappa shape index (κ1) is 13.5. The minimum absolute atomic E-state index is 0.274. The molecule has 0 rings (SSSR count). The zero-order valence-electron chi connectivity index (χ0n) is 9.88. The molecule has 0 aromatic carbocycles. The van der Waals surface area contributed by atoms with Crippen LogP contribution in [0.5, 0.6) is 0 Å². The van der Waals surface area contributed by atoms with Crippen molar-refractivity contribution in [2.24, 2.45) is 0 Å². The van der Waals surface area contributed by atoms with Gasteiger partial charge in [0.15, 0.2) is 0 Å². The van der Waals surface area contributed by atoms with Crippen molar-refractivity contribution in [3.05, 3.63) is 12.2 Å². The van der Waals surface area contributed by atoms with E-state index in [1.807, 2.05) is 13.0 Å². The standard InChI is InChI=1S/C12H23BO/c1-4-6-7-8-10-11(3)13-12(14)9-5-2/h5,9,11,13H,4,6-8,10H2,1-3H3/b9-5+. The first-order chi connectivity index (χ1) is 6.70. The molecule has 0 fully saturated rings. The molecule has 0 aliphatic heterocycles. The van der Waals surface area contributed by atoms with Gasteiger partial charge in [0.1, 0.15) is 5.68 Å². The highest BCUT2D eigenvalue weighted by molar-refractivity contribution is 6.77. The first-order valence-corrected chi connectivity index (χ1v) is 5.86. The van der Waals surface area contributed by atoms with Crippen molar-refractivity contribution in [3.63, 3.8) is 0 Å². The van der Waals surface area contributed by atoms with Gasteiger partial charge in [0.25, 0.3) is 0 Å². The van der Waals surface area contributed by atoms with E-state index in [4.69, 9.17) is 0 Å². The summed E-state index contributed by atoms with van der Waals surface area (Å²) >= 11 is 0. The molecule has 80 valence electrons. The lowest BCUT2D eigenvalue weighted by Gasteiger charge is -2.06. The Morgan fingerprint density at radius 2 is 2.07 bits per heavy atom. The highest BCUT2D eigenvalue weighted by Crippen LogP contribution is 2.14. The Hall–Kier alpha value is -0.525. The molecule has 1 nitrogen and oxygen atoms in total. The molecule has 0 saturated heterocycles. The Bertz CT molecular complexity index is 175. The van der Waals surface area contributed by atoms with Gasteiger partial charge in [-0.15, -0.1) is 0 Å². The number of carbonyl (C=O) groups excluding carboxylic acids is 1. The predicted molar refractivity (Wildman–Crippen MR) is 65.2 cm³/mol. The number of rotatable bonds is 8. The summed E-state index contributed by atoms with van der Waals surface area (Å²) in [7, 11) is 0.719. The highest BCUT2D eigenvalue weighted by atomic mass is 16.1. The van der Waals surface area contributed by atoms with Crippen LogP contribution in [0.1, 0.15) is 52.9 Å². The van der Waals surface area contributed by atoms with E-state index in [1.54, 1.807) is 6.08 Å². The average molecular weight is 194 g/mol. The van der Waals surface area contributed by atoms with Crippen LogP contribution in [-0.2, 0) is 4.79 Å². The van der Waals surface area contributed by atoms with Gasteiger partial charge in [0, 0.05) is 0 Å². The van der Waals surface area contributed by atoms with Crippen molar-refractivity contribution >= 4 is 13.0 Å². The van der Waals surface area contributed by atoms with Crippen LogP contribution in [0.4, 0.5) is 0 Å². The molecule has 0 aliphatic carbocycles. The molecule has 0 aliphatic rings. The SMILES string of the molecule is C/C=C/C(=O)BC(C)CCCCCC. The van der Waals surface area contributed by atoms with E-state index in [-0.39, 0.29) is 5.68 Å². The largest absolute Gasteiger partial charge is 0.307 e. The van der Waals surface area contributed by atoms with Crippen molar-refractivity contribution in [3.8, 4) is 0 Å². The van der Waals surface area contributed by atoms with Gasteiger partial charge >= 0.3 is 0 Å². The smallest absolute Gasteiger partial charge is 0.213 e. The summed E-state index contributed by atoms with van der Waals surface area (Å²) in [6, 6.07) is 0. The lowest BCUT2D eigenvalue weighted by molar-refractivity contribution is -0.108. The molecule has 0 aromatic rings. The fourth-order valence-corrected chi connectivity index (χ4v) is 1.62. The number of hydrogen-bond acceptors (Lipinski definition) is 1. The Labute approximate surface area is 89.2 Å². The lowest BCUT2D eigenvalue weighted by atomic mass is 9.60. The van der Waals surface area contributed by atoms with E-state index in [0.717, 1.165) is 7.28 Å². The minimum Gasteiger partial charge on any atom is -0.307 e. The maximum Gasteiger partial charge on any atom is 0.213 e. The van der Waals surface area contributed by atoms with Crippen LogP contribution in [-0.4, -0.2) is 13.0 Å². The molecule has 0 radical (unpaired) electrons. The number of carbonyl (C=O) groups is 1. The molecule has 0 bridgehead atoms. The van der Waals surface area contributed by atoms with E-state index in [2.05, 4.69) is 13.8 Å². The second-order valence-electron chi connectivity index (χ2n) is 4.12. The molecule has 2 heteroatoms. The summed E-state index contributed by atoms with van der Waals surface area (Å²) < 4.78 is 0. The van der Waals surface area contributed by atoms with Crippen LogP contribution < -0.4 is 0 Å². The van der Waals surface area contributed by atoms with Crippen LogP contribution >= 0.6 is 0 Å². The summed E-state index contributed by atoms with van der Waals surface area (Å²) in [4.78, 5) is 11.3. The second kappa shape index (κ2) is 9.05. The van der Waals surface area contributed by atoms with Crippen LogP contribution in [0.3, 0.4) is 0 Å². The fraction of sp³-hybridized carbons (Fsp3) is 0.750. The van der Waals surface area contributed by atoms with Crippen molar-refractivity contribution in [1.82, 2.24) is 0 Å². The average Bonchev–Trinajstić information content (AvgIpc) is 2.13. The van der Waals surface area contributed by atoms with Crippen LogP contribution in [0.15, 0.2) is 12.2 Å². The van der Waals surface area contributed by atoms with Gasteiger partial charge in [-0.1, -0.05) is 57.8 Å². The van der Waals surface area contributed by atoms with Crippen LogP contribution in [0.25, 0.3) is 0 Å². The molecule has 0 amide bonds. The lowest BCUT2D eigenvalue weighted by Crippen LogP contribution is -2.10. The molecule has 0 heterocycles. The fourth-order valence-electron chi connectivity index (χ4n) is 1.62. The van der Waals surface area contributed by atoms with Gasteiger partial charge in [-0.25, -0.2) is 0 Å². The monoisotopic (exact) mass is 194 g/mol. The third kappa shape index (κ3) is 8.09. The molecule has 0 saturated carbocycles. The highest BCUT2D eigenvalue weighted by Gasteiger charge is 2.08. The maximum atomic E-state index is 11.3. The van der Waals surface area contributed by atoms with E-state index in [9.17, 15) is 4.79 Å². The number of allylic oxidation sites excluding steroid dienone is 2. The molecule has 0 N–H and O–H groups in total. The van der Waals surface area contributed by atoms with Gasteiger partial charge in [-0.3, -0.25) is 0 Å². The number of hydrogen-bond donors (Lipinski definition) is 0. The first-order valence-electron chi connectivity index (χ1n) is 5.86. The van der Waals surface area contributed by atoms with Crippen LogP contribution in [0, 0.1) is 0 Å². The Morgan fingerprint density at radius 1 is 1.36 bits per heavy atom. The maximum absolute atomic E-state index is 11.3. The summed E-state index contributed by atoms with van der Waals surface area (Å²) in [5.74, 6) is 0.551. The van der Waals surface area contributed by atoms with Crippen molar-refractivity contribution in [2.75, 3.05) is 0 Å². The van der Waals surface area contributed by atoms with Gasteiger partial charge in [0.05, 0.1) is 0 Å². The zero-order chi connectivity index (χ0) is 10.8. The molecule has 1 unspecified atom stereocenters. The third-order valence-corrected chi connectivity index (χ3v) is 2.45. The quantitative estimate of drug-likeness (QED) is 0.329. The van der Waals surface area contributed by atoms with Crippen molar-refractivity contribution < 1.29 is 4.79 Å². The predicted octanol–water partition coefficient (Wildman–Crippen LogP) is 3.30. The summed E-state index contributed by atoms with van der Waals surface area (Å²) in [6.07, 6.45) is 9.91. The van der Waals surface area contributed by atoms with E-state index >= 15 is 0 Å². The van der Waals surface area contributed by atoms with E-state index in [1.165, 1.54) is 32.1 Å². The van der Waals surface area contributed by atoms with Gasteiger partial charge in [-0.2, -0.15) is 0 Å². The van der Waals surface area contributed by atoms with E-state index in [0.29, 0.717) is 5.82 Å². The molecule has 14 heavy (non-hydrogen) atoms. The number of unbranched alkanes of at least 4 members (excludes halogenated alkanes) is 3. The molecule has 1 atom stereocenters. The molecular weight excluding hydrogens is 171 g/mol. The van der Waals surface area contributed by atoms with Crippen molar-refractivity contribution in [1.29, 1.82) is 0 Å². The van der Waals surface area contributed by atoms with Gasteiger partial charge < -0.3 is 4.79 Å². The molecular formula is C12H23BO. The third-order valence-electron chi connectivity index (χ3n) is 2.45. The Morgan fingerprint density at radius 3 is 2.64 bits per heavy atom. The summed E-state index contributed by atoms with van der Waals surface area (Å²) in [5.41, 5.74) is 0.274. The Balaban J connectivity index is 3.44. The second-order valence-corrected chi connectivity index (χ2v) is 4.12. The van der Waals surface area contributed by atoms with Gasteiger partial charge in [-0.05, 0) is 13.0 Å². The molecule has 0 aromatic heterocycles. The molecule has 0 spiro atoms. The normalized spacial score (nSPS) is 13.1. The topological polar surface area (TPSA) is 17.1 Å². The van der Waals surface area contributed by atoms with Gasteiger partial charge in [0.2, 0.25) is 7.28 Å². The van der Waals surface area contributed by atoms with Crippen LogP contribution in [0.2, 0.25) is 5.82 Å². The minimum atomic E-state index is 0.274.